The molecule has 0 aliphatic heterocycles. The van der Waals surface area contributed by atoms with Crippen LogP contribution in [0.2, 0.25) is 0 Å². The van der Waals surface area contributed by atoms with E-state index in [0.29, 0.717) is 13.2 Å². The predicted molar refractivity (Wildman–Crippen MR) is 104 cm³/mol. The minimum Gasteiger partial charge on any atom is -0.488 e. The number of amides is 1. The van der Waals surface area contributed by atoms with E-state index in [4.69, 9.17) is 10.5 Å². The molecule has 138 valence electrons. The molecule has 2 aromatic rings. The first-order valence-corrected chi connectivity index (χ1v) is 9.11. The second kappa shape index (κ2) is 7.12. The van der Waals surface area contributed by atoms with Crippen LogP contribution in [0.4, 0.5) is 0 Å². The number of nitrogens with zero attached hydrogens (tertiary/aromatic N) is 1. The van der Waals surface area contributed by atoms with Gasteiger partial charge in [0.1, 0.15) is 12.4 Å². The number of ether oxygens (including phenoxy) is 1. The second-order valence-electron chi connectivity index (χ2n) is 7.65. The van der Waals surface area contributed by atoms with Gasteiger partial charge in [-0.1, -0.05) is 42.0 Å². The van der Waals surface area contributed by atoms with Crippen LogP contribution in [-0.4, -0.2) is 23.4 Å². The highest BCUT2D eigenvalue weighted by molar-refractivity contribution is 5.88. The number of aryl methyl sites for hydroxylation is 3. The maximum absolute atomic E-state index is 12.3. The number of likely N-dealkylation sites (N-methyl/N-ethyl adjacent to an activating group) is 1. The Morgan fingerprint density at radius 1 is 1.08 bits per heavy atom. The molecule has 0 unspecified atom stereocenters. The molecule has 0 saturated heterocycles. The lowest BCUT2D eigenvalue weighted by Gasteiger charge is -2.22. The molecule has 1 saturated carbocycles. The van der Waals surface area contributed by atoms with Gasteiger partial charge in [0.05, 0.1) is 5.54 Å². The monoisotopic (exact) mass is 352 g/mol. The minimum atomic E-state index is -0.615. The van der Waals surface area contributed by atoms with Crippen molar-refractivity contribution < 1.29 is 9.53 Å². The molecule has 4 heteroatoms. The Hall–Kier alpha value is -2.33. The highest BCUT2D eigenvalue weighted by Crippen LogP contribution is 2.34. The number of hydrogen-bond acceptors (Lipinski definition) is 3. The minimum absolute atomic E-state index is 0.0347. The van der Waals surface area contributed by atoms with Gasteiger partial charge < -0.3 is 15.4 Å². The largest absolute Gasteiger partial charge is 0.488 e. The van der Waals surface area contributed by atoms with Crippen LogP contribution in [0.25, 0.3) is 0 Å². The van der Waals surface area contributed by atoms with Crippen LogP contribution in [0, 0.1) is 20.8 Å². The van der Waals surface area contributed by atoms with Gasteiger partial charge in [0, 0.05) is 13.6 Å². The van der Waals surface area contributed by atoms with Gasteiger partial charge in [-0.2, -0.15) is 0 Å². The molecule has 3 rings (SSSR count). The molecule has 0 spiro atoms. The third-order valence-electron chi connectivity index (χ3n) is 5.00. The molecule has 2 aromatic carbocycles. The fourth-order valence-corrected chi connectivity index (χ4v) is 3.27. The third kappa shape index (κ3) is 4.07. The molecule has 4 nitrogen and oxygen atoms in total. The van der Waals surface area contributed by atoms with Crippen molar-refractivity contribution in [2.45, 2.75) is 52.3 Å². The average Bonchev–Trinajstić information content (AvgIpc) is 3.34. The summed E-state index contributed by atoms with van der Waals surface area (Å²) in [5, 5.41) is 0. The number of benzene rings is 2. The van der Waals surface area contributed by atoms with Crippen LogP contribution < -0.4 is 10.5 Å². The van der Waals surface area contributed by atoms with Crippen molar-refractivity contribution in [3.05, 3.63) is 64.2 Å². The normalized spacial score (nSPS) is 14.8. The first kappa shape index (κ1) is 18.5. The Bertz CT molecular complexity index is 784. The lowest BCUT2D eigenvalue weighted by Crippen LogP contribution is -2.43. The summed E-state index contributed by atoms with van der Waals surface area (Å²) in [6, 6.07) is 12.6. The van der Waals surface area contributed by atoms with Gasteiger partial charge in [-0.25, -0.2) is 0 Å². The van der Waals surface area contributed by atoms with E-state index in [-0.39, 0.29) is 5.91 Å². The summed E-state index contributed by atoms with van der Waals surface area (Å²) >= 11 is 0. The van der Waals surface area contributed by atoms with Crippen LogP contribution in [-0.2, 0) is 17.9 Å². The average molecular weight is 352 g/mol. The highest BCUT2D eigenvalue weighted by Gasteiger charge is 2.47. The van der Waals surface area contributed by atoms with Crippen LogP contribution in [0.3, 0.4) is 0 Å². The van der Waals surface area contributed by atoms with Gasteiger partial charge in [0.25, 0.3) is 0 Å². The van der Waals surface area contributed by atoms with Gasteiger partial charge in [-0.3, -0.25) is 4.79 Å². The summed E-state index contributed by atoms with van der Waals surface area (Å²) in [7, 11) is 1.82. The molecule has 26 heavy (non-hydrogen) atoms. The molecule has 1 amide bonds. The zero-order chi connectivity index (χ0) is 18.9. The molecule has 1 aliphatic rings. The molecule has 1 aliphatic carbocycles. The number of carbonyl (C=O) groups is 1. The maximum Gasteiger partial charge on any atom is 0.242 e. The van der Waals surface area contributed by atoms with Crippen molar-refractivity contribution >= 4 is 5.91 Å². The lowest BCUT2D eigenvalue weighted by molar-refractivity contribution is -0.132. The standard InChI is InChI=1S/C22H28N2O2/c1-15-5-7-18(8-6-15)14-26-20-16(2)11-19(12-17(20)3)13-24(4)21(25)22(23)9-10-22/h5-8,11-12H,9-10,13-14,23H2,1-4H3. The Morgan fingerprint density at radius 2 is 1.65 bits per heavy atom. The van der Waals surface area contributed by atoms with Gasteiger partial charge >= 0.3 is 0 Å². The number of nitrogens with two attached hydrogens (primary N) is 1. The Balaban J connectivity index is 1.67. The van der Waals surface area contributed by atoms with Crippen molar-refractivity contribution in [3.8, 4) is 5.75 Å². The summed E-state index contributed by atoms with van der Waals surface area (Å²) < 4.78 is 6.06. The molecular formula is C22H28N2O2. The van der Waals surface area contributed by atoms with E-state index in [1.165, 1.54) is 5.56 Å². The van der Waals surface area contributed by atoms with E-state index in [9.17, 15) is 4.79 Å². The molecule has 0 aromatic heterocycles. The SMILES string of the molecule is Cc1ccc(COc2c(C)cc(CN(C)C(=O)C3(N)CC3)cc2C)cc1. The van der Waals surface area contributed by atoms with E-state index in [0.717, 1.165) is 40.8 Å². The number of rotatable bonds is 6. The van der Waals surface area contributed by atoms with Crippen LogP contribution >= 0.6 is 0 Å². The van der Waals surface area contributed by atoms with Crippen molar-refractivity contribution in [1.82, 2.24) is 4.90 Å². The van der Waals surface area contributed by atoms with E-state index < -0.39 is 5.54 Å². The molecule has 0 bridgehead atoms. The fraction of sp³-hybridized carbons (Fsp3) is 0.409. The molecular weight excluding hydrogens is 324 g/mol. The molecule has 2 N–H and O–H groups in total. The summed E-state index contributed by atoms with van der Waals surface area (Å²) in [6.07, 6.45) is 1.58. The maximum atomic E-state index is 12.3. The van der Waals surface area contributed by atoms with Gasteiger partial charge in [-0.15, -0.1) is 0 Å². The van der Waals surface area contributed by atoms with Crippen molar-refractivity contribution in [3.63, 3.8) is 0 Å². The third-order valence-corrected chi connectivity index (χ3v) is 5.00. The second-order valence-corrected chi connectivity index (χ2v) is 7.65. The Labute approximate surface area is 156 Å². The lowest BCUT2D eigenvalue weighted by atomic mass is 10.0. The Kier molecular flexibility index (Phi) is 5.05. The van der Waals surface area contributed by atoms with Crippen molar-refractivity contribution in [2.24, 2.45) is 5.73 Å². The predicted octanol–water partition coefficient (Wildman–Crippen LogP) is 3.64. The van der Waals surface area contributed by atoms with Crippen LogP contribution in [0.15, 0.2) is 36.4 Å². The molecule has 0 heterocycles. The van der Waals surface area contributed by atoms with E-state index in [1.807, 2.05) is 20.9 Å². The quantitative estimate of drug-likeness (QED) is 0.863. The zero-order valence-electron chi connectivity index (χ0n) is 16.1. The summed E-state index contributed by atoms with van der Waals surface area (Å²) in [4.78, 5) is 14.1. The topological polar surface area (TPSA) is 55.6 Å². The summed E-state index contributed by atoms with van der Waals surface area (Å²) in [5.41, 5.74) is 11.1. The Morgan fingerprint density at radius 3 is 2.19 bits per heavy atom. The van der Waals surface area contributed by atoms with E-state index in [2.05, 4.69) is 43.3 Å². The molecule has 0 radical (unpaired) electrons. The number of hydrogen-bond donors (Lipinski definition) is 1. The highest BCUT2D eigenvalue weighted by atomic mass is 16.5. The van der Waals surface area contributed by atoms with Gasteiger partial charge in [-0.05, 0) is 55.9 Å². The van der Waals surface area contributed by atoms with Crippen LogP contribution in [0.1, 0.15) is 40.7 Å². The van der Waals surface area contributed by atoms with Crippen molar-refractivity contribution in [1.29, 1.82) is 0 Å². The fourth-order valence-electron chi connectivity index (χ4n) is 3.27. The molecule has 0 atom stereocenters. The first-order valence-electron chi connectivity index (χ1n) is 9.11. The summed E-state index contributed by atoms with van der Waals surface area (Å²) in [5.74, 6) is 0.952. The number of carbonyl (C=O) groups excluding carboxylic acids is 1. The van der Waals surface area contributed by atoms with Crippen LogP contribution in [0.5, 0.6) is 5.75 Å². The van der Waals surface area contributed by atoms with Gasteiger partial charge in [0.15, 0.2) is 0 Å². The summed E-state index contributed by atoms with van der Waals surface area (Å²) in [6.45, 7) is 7.30. The first-order chi connectivity index (χ1) is 12.3. The van der Waals surface area contributed by atoms with Gasteiger partial charge in [0.2, 0.25) is 5.91 Å². The van der Waals surface area contributed by atoms with E-state index in [1.54, 1.807) is 4.90 Å². The zero-order valence-corrected chi connectivity index (χ0v) is 16.1. The van der Waals surface area contributed by atoms with Crippen molar-refractivity contribution in [2.75, 3.05) is 7.05 Å². The smallest absolute Gasteiger partial charge is 0.242 e. The van der Waals surface area contributed by atoms with E-state index >= 15 is 0 Å². The molecule has 1 fully saturated rings.